The van der Waals surface area contributed by atoms with Crippen molar-refractivity contribution in [2.24, 2.45) is 11.8 Å². The van der Waals surface area contributed by atoms with Crippen LogP contribution >= 0.6 is 11.3 Å². The minimum absolute atomic E-state index is 0.0224. The number of hydrogen-bond acceptors (Lipinski definition) is 8. The molecule has 1 unspecified atom stereocenters. The van der Waals surface area contributed by atoms with Crippen LogP contribution in [0.5, 0.6) is 0 Å². The van der Waals surface area contributed by atoms with Crippen LogP contribution < -0.4 is 11.2 Å². The summed E-state index contributed by atoms with van der Waals surface area (Å²) in [5, 5.41) is 18.7. The molecular weight excluding hydrogens is 571 g/mol. The first-order valence-corrected chi connectivity index (χ1v) is 15.1. The zero-order valence-electron chi connectivity index (χ0n) is 25.5. The van der Waals surface area contributed by atoms with E-state index >= 15 is 0 Å². The quantitative estimate of drug-likeness (QED) is 0.220. The van der Waals surface area contributed by atoms with Crippen molar-refractivity contribution in [3.8, 4) is 11.1 Å². The van der Waals surface area contributed by atoms with Crippen molar-refractivity contribution in [3.63, 3.8) is 0 Å². The molecule has 0 aliphatic carbocycles. The molecule has 0 amide bonds. The number of Topliss-reactive ketones (excluding diaryl/α,β-unsaturated/α-hetero) is 1. The number of nitrogens with zero attached hydrogens (tertiary/aromatic N) is 6. The average molecular weight is 609 g/mol. The monoisotopic (exact) mass is 608 g/mol. The Bertz CT molecular complexity index is 1800. The zero-order chi connectivity index (χ0) is 31.6. The molecule has 228 valence electrons. The SMILES string of the molecule is CCc1ccc(F)cc1[C@@H](Cn1c(=O)n(C(C)(C)C(=O)CC(C)C)c(=O)c2c(C)c(-n3nccn3)sc21)OCC(C)C#N. The summed E-state index contributed by atoms with van der Waals surface area (Å²) in [5.74, 6) is -1.14. The molecule has 0 saturated carbocycles. The number of fused-ring (bicyclic) bond motifs is 1. The molecule has 43 heavy (non-hydrogen) atoms. The molecule has 0 fully saturated rings. The van der Waals surface area contributed by atoms with Crippen molar-refractivity contribution in [1.82, 2.24) is 24.1 Å². The van der Waals surface area contributed by atoms with Gasteiger partial charge in [-0.2, -0.15) is 15.5 Å². The molecule has 10 nitrogen and oxygen atoms in total. The third kappa shape index (κ3) is 6.24. The molecule has 0 aliphatic heterocycles. The van der Waals surface area contributed by atoms with Crippen LogP contribution in [0, 0.1) is 35.9 Å². The Labute approximate surface area is 253 Å². The van der Waals surface area contributed by atoms with Crippen molar-refractivity contribution in [3.05, 3.63) is 73.9 Å². The molecule has 4 rings (SSSR count). The van der Waals surface area contributed by atoms with E-state index < -0.39 is 34.6 Å². The highest BCUT2D eigenvalue weighted by Gasteiger charge is 2.36. The predicted octanol–water partition coefficient (Wildman–Crippen LogP) is 5.08. The third-order valence-corrected chi connectivity index (χ3v) is 8.86. The van der Waals surface area contributed by atoms with E-state index in [9.17, 15) is 24.0 Å². The maximum atomic E-state index is 14.6. The normalized spacial score (nSPS) is 13.4. The number of aromatic nitrogens is 5. The van der Waals surface area contributed by atoms with Gasteiger partial charge in [-0.3, -0.25) is 14.2 Å². The number of benzene rings is 1. The molecular formula is C31H37FN6O4S. The summed E-state index contributed by atoms with van der Waals surface area (Å²) in [6.45, 7) is 12.3. The van der Waals surface area contributed by atoms with Crippen LogP contribution in [0.25, 0.3) is 15.2 Å². The van der Waals surface area contributed by atoms with E-state index in [-0.39, 0.29) is 36.7 Å². The third-order valence-electron chi connectivity index (χ3n) is 7.57. The number of carbonyl (C=O) groups excluding carboxylic acids is 1. The van der Waals surface area contributed by atoms with Gasteiger partial charge < -0.3 is 4.74 Å². The largest absolute Gasteiger partial charge is 0.370 e. The molecule has 0 saturated heterocycles. The number of ether oxygens (including phenoxy) is 1. The van der Waals surface area contributed by atoms with Gasteiger partial charge in [0.25, 0.3) is 5.56 Å². The van der Waals surface area contributed by atoms with Gasteiger partial charge in [-0.05, 0) is 63.3 Å². The second-order valence-corrected chi connectivity index (χ2v) is 12.7. The molecule has 0 bridgehead atoms. The molecule has 4 aromatic rings. The summed E-state index contributed by atoms with van der Waals surface area (Å²) in [6.07, 6.45) is 2.95. The summed E-state index contributed by atoms with van der Waals surface area (Å²) in [5.41, 5.74) is -0.788. The van der Waals surface area contributed by atoms with E-state index in [0.29, 0.717) is 27.4 Å². The number of rotatable bonds is 12. The fraction of sp³-hybridized carbons (Fsp3) is 0.484. The standard InChI is InChI=1S/C31H37FN6O4S/c1-8-21-9-10-22(32)14-23(21)24(42-17-19(4)15-33)16-36-29-26(20(5)28(43-29)38-34-11-12-35-38)27(40)37(30(36)41)31(6,7)25(39)13-18(2)3/h9-12,14,18-19,24H,8,13,16-17H2,1-7H3/t19?,24-/m1/s1. The summed E-state index contributed by atoms with van der Waals surface area (Å²) in [7, 11) is 0. The molecule has 0 radical (unpaired) electrons. The second kappa shape index (κ2) is 12.7. The van der Waals surface area contributed by atoms with Gasteiger partial charge in [-0.1, -0.05) is 38.2 Å². The van der Waals surface area contributed by atoms with Crippen molar-refractivity contribution in [2.45, 2.75) is 79.5 Å². The summed E-state index contributed by atoms with van der Waals surface area (Å²) < 4.78 is 23.3. The summed E-state index contributed by atoms with van der Waals surface area (Å²) in [6, 6.07) is 6.58. The summed E-state index contributed by atoms with van der Waals surface area (Å²) in [4.78, 5) is 43.7. The molecule has 3 heterocycles. The van der Waals surface area contributed by atoms with Gasteiger partial charge in [0.1, 0.15) is 27.3 Å². The van der Waals surface area contributed by atoms with E-state index in [1.54, 1.807) is 33.8 Å². The number of hydrogen-bond donors (Lipinski definition) is 0. The second-order valence-electron chi connectivity index (χ2n) is 11.7. The zero-order valence-corrected chi connectivity index (χ0v) is 26.4. The lowest BCUT2D eigenvalue weighted by Crippen LogP contribution is -2.53. The molecule has 2 atom stereocenters. The van der Waals surface area contributed by atoms with Gasteiger partial charge in [0.2, 0.25) is 0 Å². The van der Waals surface area contributed by atoms with Crippen LogP contribution in [-0.4, -0.2) is 36.5 Å². The number of aryl methyl sites for hydroxylation is 2. The first-order chi connectivity index (χ1) is 20.3. The van der Waals surface area contributed by atoms with Crippen molar-refractivity contribution in [1.29, 1.82) is 5.26 Å². The fourth-order valence-corrected chi connectivity index (χ4v) is 6.36. The van der Waals surface area contributed by atoms with Gasteiger partial charge in [0.15, 0.2) is 5.78 Å². The average Bonchev–Trinajstić information content (AvgIpc) is 3.60. The van der Waals surface area contributed by atoms with Crippen LogP contribution in [-0.2, 0) is 28.0 Å². The molecule has 0 N–H and O–H groups in total. The Morgan fingerprint density at radius 1 is 1.19 bits per heavy atom. The smallest absolute Gasteiger partial charge is 0.333 e. The minimum Gasteiger partial charge on any atom is -0.370 e. The van der Waals surface area contributed by atoms with Crippen molar-refractivity contribution >= 4 is 27.3 Å². The van der Waals surface area contributed by atoms with Crippen LogP contribution in [0.2, 0.25) is 0 Å². The van der Waals surface area contributed by atoms with Gasteiger partial charge in [0.05, 0.1) is 42.9 Å². The fourth-order valence-electron chi connectivity index (χ4n) is 5.14. The first kappa shape index (κ1) is 32.0. The molecule has 0 spiro atoms. The number of thiophene rings is 1. The Hall–Kier alpha value is -3.95. The van der Waals surface area contributed by atoms with Crippen LogP contribution in [0.1, 0.15) is 70.8 Å². The lowest BCUT2D eigenvalue weighted by atomic mass is 9.91. The number of ketones is 1. The molecule has 12 heteroatoms. The summed E-state index contributed by atoms with van der Waals surface area (Å²) >= 11 is 1.17. The Morgan fingerprint density at radius 2 is 1.86 bits per heavy atom. The number of nitriles is 1. The Morgan fingerprint density at radius 3 is 2.47 bits per heavy atom. The topological polar surface area (TPSA) is 125 Å². The van der Waals surface area contributed by atoms with E-state index in [1.807, 2.05) is 20.8 Å². The Kier molecular flexibility index (Phi) is 9.47. The highest BCUT2D eigenvalue weighted by atomic mass is 32.1. The van der Waals surface area contributed by atoms with Crippen LogP contribution in [0.3, 0.4) is 0 Å². The van der Waals surface area contributed by atoms with E-state index in [0.717, 1.165) is 10.1 Å². The highest BCUT2D eigenvalue weighted by Crippen LogP contribution is 2.33. The van der Waals surface area contributed by atoms with Crippen LogP contribution in [0.15, 0.2) is 40.2 Å². The van der Waals surface area contributed by atoms with E-state index in [2.05, 4.69) is 16.3 Å². The first-order valence-electron chi connectivity index (χ1n) is 14.3. The highest BCUT2D eigenvalue weighted by molar-refractivity contribution is 7.21. The lowest BCUT2D eigenvalue weighted by Gasteiger charge is -2.28. The van der Waals surface area contributed by atoms with Crippen molar-refractivity contribution < 1.29 is 13.9 Å². The number of carbonyl (C=O) groups is 1. The molecule has 1 aromatic carbocycles. The maximum absolute atomic E-state index is 14.6. The van der Waals surface area contributed by atoms with Gasteiger partial charge >= 0.3 is 5.69 Å². The number of halogens is 1. The predicted molar refractivity (Wildman–Crippen MR) is 163 cm³/mol. The molecule has 3 aromatic heterocycles. The van der Waals surface area contributed by atoms with Gasteiger partial charge in [0, 0.05) is 12.0 Å². The molecule has 0 aliphatic rings. The van der Waals surface area contributed by atoms with Gasteiger partial charge in [-0.25, -0.2) is 13.8 Å². The Balaban J connectivity index is 2.03. The van der Waals surface area contributed by atoms with Crippen LogP contribution in [0.4, 0.5) is 4.39 Å². The van der Waals surface area contributed by atoms with Gasteiger partial charge in [-0.15, -0.1) is 4.80 Å². The minimum atomic E-state index is -1.45. The van der Waals surface area contributed by atoms with E-state index in [1.165, 1.54) is 45.2 Å². The lowest BCUT2D eigenvalue weighted by molar-refractivity contribution is -0.127. The van der Waals surface area contributed by atoms with E-state index in [4.69, 9.17) is 4.74 Å². The maximum Gasteiger partial charge on any atom is 0.333 e. The van der Waals surface area contributed by atoms with Crippen molar-refractivity contribution in [2.75, 3.05) is 6.61 Å².